The number of para-hydroxylation sites is 1. The first kappa shape index (κ1) is 16.5. The molecular weight excluding hydrogens is 368 g/mol. The Morgan fingerprint density at radius 3 is 2.43 bits per heavy atom. The normalized spacial score (nSPS) is 28.1. The SMILES string of the molecule is O=C(c1nc(-c2cccs2)n(-c2ccccc2)n1)N1CC2C3CCC(C3)C2C1. The van der Waals surface area contributed by atoms with Crippen LogP contribution in [0.4, 0.5) is 0 Å². The maximum atomic E-state index is 13.3. The first-order valence-electron chi connectivity index (χ1n) is 10.1. The maximum Gasteiger partial charge on any atom is 0.293 e. The number of nitrogens with zero attached hydrogens (tertiary/aromatic N) is 4. The lowest BCUT2D eigenvalue weighted by Gasteiger charge is -2.22. The van der Waals surface area contributed by atoms with Crippen molar-refractivity contribution < 1.29 is 4.79 Å². The van der Waals surface area contributed by atoms with Crippen LogP contribution in [0.2, 0.25) is 0 Å². The summed E-state index contributed by atoms with van der Waals surface area (Å²) in [5.41, 5.74) is 0.925. The first-order chi connectivity index (χ1) is 13.8. The maximum absolute atomic E-state index is 13.3. The molecule has 5 nitrogen and oxygen atoms in total. The Labute approximate surface area is 168 Å². The Bertz CT molecular complexity index is 995. The number of likely N-dealkylation sites (tertiary alicyclic amines) is 1. The predicted octanol–water partition coefficient (Wildman–Crippen LogP) is 4.11. The summed E-state index contributed by atoms with van der Waals surface area (Å²) < 4.78 is 1.81. The highest BCUT2D eigenvalue weighted by atomic mass is 32.1. The number of thiophene rings is 1. The molecule has 2 bridgehead atoms. The van der Waals surface area contributed by atoms with Gasteiger partial charge in [-0.1, -0.05) is 24.3 Å². The molecule has 6 rings (SSSR count). The third-order valence-electron chi connectivity index (χ3n) is 6.97. The zero-order valence-electron chi connectivity index (χ0n) is 15.6. The van der Waals surface area contributed by atoms with Crippen molar-refractivity contribution >= 4 is 17.2 Å². The Kier molecular flexibility index (Phi) is 3.69. The van der Waals surface area contributed by atoms with Crippen molar-refractivity contribution in [2.75, 3.05) is 13.1 Å². The Morgan fingerprint density at radius 2 is 1.75 bits per heavy atom. The lowest BCUT2D eigenvalue weighted by atomic mass is 9.82. The van der Waals surface area contributed by atoms with E-state index < -0.39 is 0 Å². The van der Waals surface area contributed by atoms with E-state index in [4.69, 9.17) is 4.98 Å². The molecule has 28 heavy (non-hydrogen) atoms. The smallest absolute Gasteiger partial charge is 0.293 e. The standard InChI is InChI=1S/C22H22N4OS/c27-22(25-12-17-14-8-9-15(11-14)18(17)13-25)20-23-21(19-7-4-10-28-19)26(24-20)16-5-2-1-3-6-16/h1-7,10,14-15,17-18H,8-9,11-13H2. The van der Waals surface area contributed by atoms with E-state index in [9.17, 15) is 4.79 Å². The van der Waals surface area contributed by atoms with E-state index in [2.05, 4.69) is 5.10 Å². The molecule has 4 unspecified atom stereocenters. The van der Waals surface area contributed by atoms with Crippen LogP contribution in [0.1, 0.15) is 29.9 Å². The number of rotatable bonds is 3. The van der Waals surface area contributed by atoms with Gasteiger partial charge in [-0.3, -0.25) is 4.79 Å². The molecule has 1 saturated heterocycles. The van der Waals surface area contributed by atoms with Crippen molar-refractivity contribution in [1.82, 2.24) is 19.7 Å². The summed E-state index contributed by atoms with van der Waals surface area (Å²) >= 11 is 1.62. The van der Waals surface area contributed by atoms with Crippen LogP contribution in [-0.4, -0.2) is 38.7 Å². The van der Waals surface area contributed by atoms with Crippen LogP contribution >= 0.6 is 11.3 Å². The largest absolute Gasteiger partial charge is 0.335 e. The molecule has 2 aliphatic carbocycles. The van der Waals surface area contributed by atoms with E-state index in [1.54, 1.807) is 16.0 Å². The Balaban J connectivity index is 1.34. The highest BCUT2D eigenvalue weighted by molar-refractivity contribution is 7.13. The molecule has 2 aromatic heterocycles. The van der Waals surface area contributed by atoms with E-state index in [1.165, 1.54) is 19.3 Å². The minimum atomic E-state index is -0.0127. The van der Waals surface area contributed by atoms with Gasteiger partial charge in [-0.2, -0.15) is 0 Å². The fourth-order valence-electron chi connectivity index (χ4n) is 5.71. The van der Waals surface area contributed by atoms with Crippen molar-refractivity contribution in [2.45, 2.75) is 19.3 Å². The fraction of sp³-hybridized carbons (Fsp3) is 0.409. The molecule has 1 amide bonds. The lowest BCUT2D eigenvalue weighted by Crippen LogP contribution is -2.31. The Hall–Kier alpha value is -2.47. The summed E-state index contributed by atoms with van der Waals surface area (Å²) in [4.78, 5) is 21.0. The number of hydrogen-bond acceptors (Lipinski definition) is 4. The van der Waals surface area contributed by atoms with Crippen molar-refractivity contribution in [3.63, 3.8) is 0 Å². The average molecular weight is 391 g/mol. The minimum Gasteiger partial charge on any atom is -0.335 e. The summed E-state index contributed by atoms with van der Waals surface area (Å²) in [5.74, 6) is 4.13. The van der Waals surface area contributed by atoms with Crippen LogP contribution in [0.25, 0.3) is 16.4 Å². The third-order valence-corrected chi connectivity index (χ3v) is 7.83. The van der Waals surface area contributed by atoms with Crippen LogP contribution in [0.5, 0.6) is 0 Å². The summed E-state index contributed by atoms with van der Waals surface area (Å²) in [5, 5.41) is 6.68. The molecule has 0 N–H and O–H groups in total. The number of carbonyl (C=O) groups excluding carboxylic acids is 1. The highest BCUT2D eigenvalue weighted by Crippen LogP contribution is 2.55. The second-order valence-corrected chi connectivity index (χ2v) is 9.30. The molecule has 4 atom stereocenters. The van der Waals surface area contributed by atoms with Gasteiger partial charge >= 0.3 is 0 Å². The van der Waals surface area contributed by atoms with Gasteiger partial charge in [0.1, 0.15) is 0 Å². The van der Waals surface area contributed by atoms with E-state index in [0.29, 0.717) is 17.7 Å². The fourth-order valence-corrected chi connectivity index (χ4v) is 6.40. The van der Waals surface area contributed by atoms with E-state index in [1.807, 2.05) is 52.7 Å². The van der Waals surface area contributed by atoms with Crippen molar-refractivity contribution in [3.05, 3.63) is 53.7 Å². The van der Waals surface area contributed by atoms with Crippen LogP contribution in [-0.2, 0) is 0 Å². The monoisotopic (exact) mass is 390 g/mol. The predicted molar refractivity (Wildman–Crippen MR) is 108 cm³/mol. The quantitative estimate of drug-likeness (QED) is 0.676. The van der Waals surface area contributed by atoms with Gasteiger partial charge in [-0.15, -0.1) is 16.4 Å². The number of amides is 1. The van der Waals surface area contributed by atoms with Crippen molar-refractivity contribution in [3.8, 4) is 16.4 Å². The molecule has 1 aromatic carbocycles. The van der Waals surface area contributed by atoms with Gasteiger partial charge in [0.15, 0.2) is 5.82 Å². The molecule has 0 spiro atoms. The zero-order chi connectivity index (χ0) is 18.7. The van der Waals surface area contributed by atoms with Crippen LogP contribution < -0.4 is 0 Å². The second kappa shape index (κ2) is 6.27. The molecule has 3 heterocycles. The third kappa shape index (κ3) is 2.47. The Morgan fingerprint density at radius 1 is 1.00 bits per heavy atom. The molecule has 2 saturated carbocycles. The molecular formula is C22H22N4OS. The minimum absolute atomic E-state index is 0.0127. The number of hydrogen-bond donors (Lipinski definition) is 0. The summed E-state index contributed by atoms with van der Waals surface area (Å²) in [6.45, 7) is 1.78. The van der Waals surface area contributed by atoms with Crippen LogP contribution in [0.15, 0.2) is 47.8 Å². The lowest BCUT2D eigenvalue weighted by molar-refractivity contribution is 0.0764. The number of carbonyl (C=O) groups is 1. The van der Waals surface area contributed by atoms with Crippen molar-refractivity contribution in [2.24, 2.45) is 23.7 Å². The van der Waals surface area contributed by atoms with E-state index in [-0.39, 0.29) is 5.91 Å². The second-order valence-electron chi connectivity index (χ2n) is 8.35. The van der Waals surface area contributed by atoms with Gasteiger partial charge in [0, 0.05) is 13.1 Å². The first-order valence-corrected chi connectivity index (χ1v) is 11.0. The van der Waals surface area contributed by atoms with Crippen LogP contribution in [0.3, 0.4) is 0 Å². The topological polar surface area (TPSA) is 51.0 Å². The highest BCUT2D eigenvalue weighted by Gasteiger charge is 2.52. The molecule has 3 fully saturated rings. The average Bonchev–Trinajstić information content (AvgIpc) is 3.54. The van der Waals surface area contributed by atoms with E-state index >= 15 is 0 Å². The van der Waals surface area contributed by atoms with Gasteiger partial charge in [0.25, 0.3) is 5.91 Å². The molecule has 1 aliphatic heterocycles. The van der Waals surface area contributed by atoms with Crippen molar-refractivity contribution in [1.29, 1.82) is 0 Å². The van der Waals surface area contributed by atoms with Gasteiger partial charge in [-0.25, -0.2) is 9.67 Å². The molecule has 6 heteroatoms. The summed E-state index contributed by atoms with van der Waals surface area (Å²) in [6, 6.07) is 14.0. The number of fused-ring (bicyclic) bond motifs is 5. The molecule has 3 aliphatic rings. The molecule has 142 valence electrons. The van der Waals surface area contributed by atoms with Crippen LogP contribution in [0, 0.1) is 23.7 Å². The zero-order valence-corrected chi connectivity index (χ0v) is 16.4. The van der Waals surface area contributed by atoms with Gasteiger partial charge in [0.05, 0.1) is 10.6 Å². The summed E-state index contributed by atoms with van der Waals surface area (Å²) in [6.07, 6.45) is 4.11. The number of aromatic nitrogens is 3. The van der Waals surface area contributed by atoms with E-state index in [0.717, 1.165) is 41.3 Å². The molecule has 3 aromatic rings. The van der Waals surface area contributed by atoms with Gasteiger partial charge in [-0.05, 0) is 66.5 Å². The molecule has 0 radical (unpaired) electrons. The van der Waals surface area contributed by atoms with Gasteiger partial charge < -0.3 is 4.90 Å². The summed E-state index contributed by atoms with van der Waals surface area (Å²) in [7, 11) is 0. The number of benzene rings is 1. The van der Waals surface area contributed by atoms with Gasteiger partial charge in [0.2, 0.25) is 5.82 Å².